The molecule has 1 aliphatic rings. The van der Waals surface area contributed by atoms with E-state index >= 15 is 0 Å². The lowest BCUT2D eigenvalue weighted by Gasteiger charge is -2.34. The van der Waals surface area contributed by atoms with Crippen molar-refractivity contribution in [2.75, 3.05) is 0 Å². The molecule has 3 aromatic carbocycles. The van der Waals surface area contributed by atoms with E-state index < -0.39 is 11.6 Å². The standard InChI is InChI=1S/C22H19Cl2NO/c23-18-9-5-15(6-10-18)21(26)13-22(17-7-11-19(24)12-8-17)20-4-2-1-3-16(20)14-25-22/h1-12,21,25-26H,13-14H2/t21-,22-/m0/s1. The summed E-state index contributed by atoms with van der Waals surface area (Å²) in [7, 11) is 0. The van der Waals surface area contributed by atoms with Gasteiger partial charge < -0.3 is 5.11 Å². The Morgan fingerprint density at radius 2 is 1.50 bits per heavy atom. The Morgan fingerprint density at radius 3 is 2.19 bits per heavy atom. The number of benzene rings is 3. The number of aliphatic hydroxyl groups is 1. The monoisotopic (exact) mass is 383 g/mol. The molecule has 0 aliphatic carbocycles. The van der Waals surface area contributed by atoms with Crippen molar-refractivity contribution in [1.82, 2.24) is 5.32 Å². The van der Waals surface area contributed by atoms with Crippen molar-refractivity contribution in [2.45, 2.75) is 24.6 Å². The van der Waals surface area contributed by atoms with Crippen LogP contribution in [-0.2, 0) is 12.1 Å². The Balaban J connectivity index is 1.77. The molecule has 0 amide bonds. The number of halogens is 2. The molecule has 1 aliphatic heterocycles. The molecule has 0 aromatic heterocycles. The number of hydrogen-bond donors (Lipinski definition) is 2. The minimum atomic E-state index is -0.624. The van der Waals surface area contributed by atoms with Crippen LogP contribution >= 0.6 is 23.2 Å². The fourth-order valence-corrected chi connectivity index (χ4v) is 4.07. The second kappa shape index (κ2) is 7.05. The van der Waals surface area contributed by atoms with E-state index in [0.717, 1.165) is 17.7 Å². The van der Waals surface area contributed by atoms with E-state index in [-0.39, 0.29) is 0 Å². The molecular formula is C22H19Cl2NO. The van der Waals surface area contributed by atoms with Gasteiger partial charge in [-0.1, -0.05) is 71.7 Å². The van der Waals surface area contributed by atoms with E-state index in [0.29, 0.717) is 16.5 Å². The second-order valence-corrected chi connectivity index (χ2v) is 7.57. The summed E-state index contributed by atoms with van der Waals surface area (Å²) in [6, 6.07) is 23.6. The maximum atomic E-state index is 11.0. The lowest BCUT2D eigenvalue weighted by atomic mass is 9.78. The van der Waals surface area contributed by atoms with Gasteiger partial charge in [0.05, 0.1) is 11.6 Å². The van der Waals surface area contributed by atoms with Gasteiger partial charge >= 0.3 is 0 Å². The summed E-state index contributed by atoms with van der Waals surface area (Å²) < 4.78 is 0. The third-order valence-electron chi connectivity index (χ3n) is 5.15. The highest BCUT2D eigenvalue weighted by Gasteiger charge is 2.41. The Hall–Kier alpha value is -1.84. The molecule has 0 fully saturated rings. The number of rotatable bonds is 4. The van der Waals surface area contributed by atoms with Crippen LogP contribution < -0.4 is 5.32 Å². The molecule has 0 radical (unpaired) electrons. The third-order valence-corrected chi connectivity index (χ3v) is 5.65. The fourth-order valence-electron chi connectivity index (χ4n) is 3.82. The molecule has 0 spiro atoms. The first kappa shape index (κ1) is 17.6. The van der Waals surface area contributed by atoms with Gasteiger partial charge in [-0.3, -0.25) is 5.32 Å². The normalized spacial score (nSPS) is 20.0. The molecule has 0 saturated carbocycles. The molecular weight excluding hydrogens is 365 g/mol. The Labute approximate surface area is 163 Å². The topological polar surface area (TPSA) is 32.3 Å². The van der Waals surface area contributed by atoms with E-state index in [2.05, 4.69) is 17.4 Å². The third kappa shape index (κ3) is 3.15. The largest absolute Gasteiger partial charge is 0.388 e. The van der Waals surface area contributed by atoms with Crippen LogP contribution in [0.3, 0.4) is 0 Å². The average Bonchev–Trinajstić information content (AvgIpc) is 3.02. The Morgan fingerprint density at radius 1 is 0.885 bits per heavy atom. The van der Waals surface area contributed by atoms with Crippen LogP contribution in [0.2, 0.25) is 10.0 Å². The summed E-state index contributed by atoms with van der Waals surface area (Å²) in [6.07, 6.45) is -0.102. The van der Waals surface area contributed by atoms with Crippen LogP contribution in [0.4, 0.5) is 0 Å². The molecule has 132 valence electrons. The molecule has 4 rings (SSSR count). The van der Waals surface area contributed by atoms with Crippen molar-refractivity contribution < 1.29 is 5.11 Å². The molecule has 2 atom stereocenters. The van der Waals surface area contributed by atoms with E-state index in [9.17, 15) is 5.11 Å². The lowest BCUT2D eigenvalue weighted by Crippen LogP contribution is -2.39. The van der Waals surface area contributed by atoms with Gasteiger partial charge in [-0.15, -0.1) is 0 Å². The van der Waals surface area contributed by atoms with Gasteiger partial charge in [0.15, 0.2) is 0 Å². The van der Waals surface area contributed by atoms with Crippen LogP contribution in [0.1, 0.15) is 34.8 Å². The van der Waals surface area contributed by atoms with Gasteiger partial charge in [0.1, 0.15) is 0 Å². The van der Waals surface area contributed by atoms with Crippen LogP contribution in [0, 0.1) is 0 Å². The van der Waals surface area contributed by atoms with Gasteiger partial charge in [-0.2, -0.15) is 0 Å². The van der Waals surface area contributed by atoms with E-state index in [1.54, 1.807) is 0 Å². The minimum Gasteiger partial charge on any atom is -0.388 e. The highest BCUT2D eigenvalue weighted by atomic mass is 35.5. The first-order chi connectivity index (χ1) is 12.6. The second-order valence-electron chi connectivity index (χ2n) is 6.69. The number of aliphatic hydroxyl groups excluding tert-OH is 1. The Bertz CT molecular complexity index is 908. The highest BCUT2D eigenvalue weighted by Crippen LogP contribution is 2.43. The molecule has 2 nitrogen and oxygen atoms in total. The minimum absolute atomic E-state index is 0.458. The number of nitrogens with one attached hydrogen (secondary N) is 1. The van der Waals surface area contributed by atoms with E-state index in [4.69, 9.17) is 23.2 Å². The first-order valence-electron chi connectivity index (χ1n) is 8.61. The van der Waals surface area contributed by atoms with Gasteiger partial charge in [-0.25, -0.2) is 0 Å². The van der Waals surface area contributed by atoms with Crippen molar-refractivity contribution in [3.63, 3.8) is 0 Å². The van der Waals surface area contributed by atoms with Gasteiger partial charge in [0.2, 0.25) is 0 Å². The molecule has 0 bridgehead atoms. The predicted molar refractivity (Wildman–Crippen MR) is 107 cm³/mol. The molecule has 4 heteroatoms. The lowest BCUT2D eigenvalue weighted by molar-refractivity contribution is 0.134. The zero-order valence-electron chi connectivity index (χ0n) is 14.1. The smallest absolute Gasteiger partial charge is 0.0814 e. The molecule has 0 saturated heterocycles. The molecule has 26 heavy (non-hydrogen) atoms. The summed E-state index contributed by atoms with van der Waals surface area (Å²) in [4.78, 5) is 0. The zero-order chi connectivity index (χ0) is 18.1. The molecule has 3 aromatic rings. The van der Waals surface area contributed by atoms with Gasteiger partial charge in [0, 0.05) is 23.0 Å². The maximum Gasteiger partial charge on any atom is 0.0814 e. The zero-order valence-corrected chi connectivity index (χ0v) is 15.6. The van der Waals surface area contributed by atoms with Crippen molar-refractivity contribution in [3.05, 3.63) is 105 Å². The van der Waals surface area contributed by atoms with Gasteiger partial charge in [-0.05, 0) is 46.5 Å². The van der Waals surface area contributed by atoms with Crippen LogP contribution in [0.15, 0.2) is 72.8 Å². The quantitative estimate of drug-likeness (QED) is 0.626. The number of fused-ring (bicyclic) bond motifs is 1. The van der Waals surface area contributed by atoms with Crippen LogP contribution in [-0.4, -0.2) is 5.11 Å². The van der Waals surface area contributed by atoms with E-state index in [1.165, 1.54) is 11.1 Å². The van der Waals surface area contributed by atoms with Crippen LogP contribution in [0.5, 0.6) is 0 Å². The SMILES string of the molecule is O[C@@H](C[C@@]1(c2ccc(Cl)cc2)NCc2ccccc21)c1ccc(Cl)cc1. The predicted octanol–water partition coefficient (Wildman–Crippen LogP) is 5.46. The first-order valence-corrected chi connectivity index (χ1v) is 9.37. The van der Waals surface area contributed by atoms with Crippen LogP contribution in [0.25, 0.3) is 0 Å². The van der Waals surface area contributed by atoms with Crippen molar-refractivity contribution in [2.24, 2.45) is 0 Å². The summed E-state index contributed by atoms with van der Waals surface area (Å²) >= 11 is 12.1. The van der Waals surface area contributed by atoms with Crippen molar-refractivity contribution >= 4 is 23.2 Å². The number of hydrogen-bond acceptors (Lipinski definition) is 2. The molecule has 2 N–H and O–H groups in total. The molecule has 1 heterocycles. The van der Waals surface area contributed by atoms with Crippen molar-refractivity contribution in [3.8, 4) is 0 Å². The summed E-state index contributed by atoms with van der Waals surface area (Å²) in [5.74, 6) is 0. The molecule has 0 unspecified atom stereocenters. The average molecular weight is 384 g/mol. The summed E-state index contributed by atoms with van der Waals surface area (Å²) in [5.41, 5.74) is 3.95. The maximum absolute atomic E-state index is 11.0. The Kier molecular flexibility index (Phi) is 4.76. The highest BCUT2D eigenvalue weighted by molar-refractivity contribution is 6.30. The summed E-state index contributed by atoms with van der Waals surface area (Å²) in [6.45, 7) is 0.770. The van der Waals surface area contributed by atoms with Crippen molar-refractivity contribution in [1.29, 1.82) is 0 Å². The van der Waals surface area contributed by atoms with Gasteiger partial charge in [0.25, 0.3) is 0 Å². The summed E-state index contributed by atoms with van der Waals surface area (Å²) in [5, 5.41) is 16.0. The van der Waals surface area contributed by atoms with E-state index in [1.807, 2.05) is 60.7 Å². The fraction of sp³-hybridized carbons (Fsp3) is 0.182.